The van der Waals surface area contributed by atoms with Gasteiger partial charge in [-0.25, -0.2) is 0 Å². The number of hydrogen-bond acceptors (Lipinski definition) is 2. The maximum absolute atomic E-state index is 11.2. The quantitative estimate of drug-likeness (QED) is 0.506. The summed E-state index contributed by atoms with van der Waals surface area (Å²) in [4.78, 5) is 13.2. The smallest absolute Gasteiger partial charge is 0.248 e. The molecule has 0 aromatic rings. The molecule has 0 N–H and O–H groups in total. The number of rotatable bonds is 0. The Morgan fingerprint density at radius 1 is 1.45 bits per heavy atom. The first-order valence-electron chi connectivity index (χ1n) is 4.25. The highest BCUT2D eigenvalue weighted by Crippen LogP contribution is 2.19. The monoisotopic (exact) mass is 155 g/mol. The van der Waals surface area contributed by atoms with Crippen LogP contribution in [-0.4, -0.2) is 36.6 Å². The molecule has 1 atom stereocenters. The van der Waals surface area contributed by atoms with Crippen molar-refractivity contribution in [3.8, 4) is 0 Å². The van der Waals surface area contributed by atoms with Crippen LogP contribution in [0.4, 0.5) is 0 Å². The van der Waals surface area contributed by atoms with E-state index in [0.717, 1.165) is 19.6 Å². The van der Waals surface area contributed by atoms with Crippen LogP contribution >= 0.6 is 0 Å². The number of fused-ring (bicyclic) bond motifs is 1. The van der Waals surface area contributed by atoms with Gasteiger partial charge in [0.1, 0.15) is 6.61 Å². The zero-order valence-electron chi connectivity index (χ0n) is 6.58. The van der Waals surface area contributed by atoms with E-state index in [1.165, 1.54) is 12.8 Å². The van der Waals surface area contributed by atoms with E-state index in [1.807, 2.05) is 4.90 Å². The normalized spacial score (nSPS) is 31.8. The van der Waals surface area contributed by atoms with Gasteiger partial charge >= 0.3 is 0 Å². The summed E-state index contributed by atoms with van der Waals surface area (Å²) < 4.78 is 5.16. The number of hydrogen-bond donors (Lipinski definition) is 0. The lowest BCUT2D eigenvalue weighted by Crippen LogP contribution is -2.51. The van der Waals surface area contributed by atoms with Gasteiger partial charge in [-0.15, -0.1) is 0 Å². The molecule has 2 heterocycles. The van der Waals surface area contributed by atoms with Crippen LogP contribution in [0.3, 0.4) is 0 Å². The molecule has 0 aliphatic carbocycles. The number of carbonyl (C=O) groups excluding carboxylic acids is 1. The van der Waals surface area contributed by atoms with Crippen LogP contribution < -0.4 is 0 Å². The summed E-state index contributed by atoms with van der Waals surface area (Å²) in [6, 6.07) is 0.394. The summed E-state index contributed by atoms with van der Waals surface area (Å²) in [5.74, 6) is 0.181. The number of carbonyl (C=O) groups is 1. The van der Waals surface area contributed by atoms with Crippen LogP contribution in [0, 0.1) is 0 Å². The van der Waals surface area contributed by atoms with E-state index in [2.05, 4.69) is 0 Å². The predicted molar refractivity (Wildman–Crippen MR) is 40.2 cm³/mol. The Balaban J connectivity index is 2.05. The maximum Gasteiger partial charge on any atom is 0.248 e. The van der Waals surface area contributed by atoms with Gasteiger partial charge in [0.25, 0.3) is 0 Å². The van der Waals surface area contributed by atoms with Gasteiger partial charge in [0.05, 0.1) is 12.6 Å². The van der Waals surface area contributed by atoms with Crippen molar-refractivity contribution < 1.29 is 9.53 Å². The minimum atomic E-state index is 0.181. The molecule has 3 nitrogen and oxygen atoms in total. The molecule has 0 radical (unpaired) electrons. The fourth-order valence-corrected chi connectivity index (χ4v) is 1.87. The summed E-state index contributed by atoms with van der Waals surface area (Å²) in [7, 11) is 0. The fraction of sp³-hybridized carbons (Fsp3) is 0.875. The third-order valence-electron chi connectivity index (χ3n) is 2.48. The van der Waals surface area contributed by atoms with Gasteiger partial charge < -0.3 is 9.64 Å². The lowest BCUT2D eigenvalue weighted by molar-refractivity contribution is -0.150. The first-order valence-corrected chi connectivity index (χ1v) is 4.25. The number of amides is 1. The third-order valence-corrected chi connectivity index (χ3v) is 2.48. The molecule has 2 aliphatic heterocycles. The van der Waals surface area contributed by atoms with Crippen LogP contribution in [0.25, 0.3) is 0 Å². The summed E-state index contributed by atoms with van der Waals surface area (Å²) >= 11 is 0. The lowest BCUT2D eigenvalue weighted by atomic mass is 10.0. The molecule has 0 saturated carbocycles. The molecular formula is C8H13NO2. The molecule has 11 heavy (non-hydrogen) atoms. The summed E-state index contributed by atoms with van der Waals surface area (Å²) in [5, 5.41) is 0. The SMILES string of the molecule is O=C1COC[C@H]2CCCCN12. The van der Waals surface area contributed by atoms with E-state index in [0.29, 0.717) is 12.6 Å². The Morgan fingerprint density at radius 3 is 3.18 bits per heavy atom. The molecular weight excluding hydrogens is 142 g/mol. The first kappa shape index (κ1) is 7.10. The third kappa shape index (κ3) is 1.25. The highest BCUT2D eigenvalue weighted by Gasteiger charge is 2.30. The topological polar surface area (TPSA) is 29.5 Å². The van der Waals surface area contributed by atoms with Gasteiger partial charge in [0, 0.05) is 6.54 Å². The van der Waals surface area contributed by atoms with Gasteiger partial charge in [-0.05, 0) is 19.3 Å². The molecule has 0 spiro atoms. The Labute approximate surface area is 66.3 Å². The minimum Gasteiger partial charge on any atom is -0.369 e. The molecule has 1 amide bonds. The predicted octanol–water partition coefficient (Wildman–Crippen LogP) is 0.398. The van der Waals surface area contributed by atoms with Gasteiger partial charge in [-0.1, -0.05) is 0 Å². The summed E-state index contributed by atoms with van der Waals surface area (Å²) in [5.41, 5.74) is 0. The van der Waals surface area contributed by atoms with E-state index in [4.69, 9.17) is 4.74 Å². The number of ether oxygens (including phenoxy) is 1. The second kappa shape index (κ2) is 2.81. The summed E-state index contributed by atoms with van der Waals surface area (Å²) in [6.07, 6.45) is 3.55. The Morgan fingerprint density at radius 2 is 2.36 bits per heavy atom. The molecule has 3 heteroatoms. The van der Waals surface area contributed by atoms with Gasteiger partial charge in [-0.3, -0.25) is 4.79 Å². The van der Waals surface area contributed by atoms with E-state index >= 15 is 0 Å². The number of morpholine rings is 1. The van der Waals surface area contributed by atoms with Crippen molar-refractivity contribution >= 4 is 5.91 Å². The number of nitrogens with zero attached hydrogens (tertiary/aromatic N) is 1. The first-order chi connectivity index (χ1) is 5.38. The molecule has 0 aromatic carbocycles. The number of piperidine rings is 1. The largest absolute Gasteiger partial charge is 0.369 e. The van der Waals surface area contributed by atoms with Crippen LogP contribution in [0.2, 0.25) is 0 Å². The van der Waals surface area contributed by atoms with Crippen LogP contribution in [0.1, 0.15) is 19.3 Å². The van der Waals surface area contributed by atoms with Crippen molar-refractivity contribution in [2.45, 2.75) is 25.3 Å². The molecule has 0 aromatic heterocycles. The van der Waals surface area contributed by atoms with Crippen molar-refractivity contribution in [3.63, 3.8) is 0 Å². The van der Waals surface area contributed by atoms with E-state index in [-0.39, 0.29) is 5.91 Å². The van der Waals surface area contributed by atoms with Gasteiger partial charge in [0.2, 0.25) is 5.91 Å². The van der Waals surface area contributed by atoms with Crippen LogP contribution in [0.5, 0.6) is 0 Å². The molecule has 0 unspecified atom stereocenters. The van der Waals surface area contributed by atoms with Crippen molar-refractivity contribution in [2.75, 3.05) is 19.8 Å². The van der Waals surface area contributed by atoms with Crippen LogP contribution in [0.15, 0.2) is 0 Å². The van der Waals surface area contributed by atoms with E-state index in [1.54, 1.807) is 0 Å². The maximum atomic E-state index is 11.2. The molecule has 62 valence electrons. The molecule has 2 rings (SSSR count). The summed E-state index contributed by atoms with van der Waals surface area (Å²) in [6.45, 7) is 2.01. The van der Waals surface area contributed by atoms with Crippen molar-refractivity contribution in [1.82, 2.24) is 4.90 Å². The molecule has 0 bridgehead atoms. The highest BCUT2D eigenvalue weighted by atomic mass is 16.5. The fourth-order valence-electron chi connectivity index (χ4n) is 1.87. The van der Waals surface area contributed by atoms with E-state index in [9.17, 15) is 4.79 Å². The average Bonchev–Trinajstić information content (AvgIpc) is 2.06. The zero-order chi connectivity index (χ0) is 7.68. The minimum absolute atomic E-state index is 0.181. The second-order valence-electron chi connectivity index (χ2n) is 3.25. The Kier molecular flexibility index (Phi) is 1.82. The van der Waals surface area contributed by atoms with Gasteiger partial charge in [0.15, 0.2) is 0 Å². The van der Waals surface area contributed by atoms with Crippen molar-refractivity contribution in [1.29, 1.82) is 0 Å². The highest BCUT2D eigenvalue weighted by molar-refractivity contribution is 5.78. The van der Waals surface area contributed by atoms with Crippen LogP contribution in [-0.2, 0) is 9.53 Å². The molecule has 2 saturated heterocycles. The Hall–Kier alpha value is -0.570. The average molecular weight is 155 g/mol. The standard InChI is InChI=1S/C8H13NO2/c10-8-6-11-5-7-3-1-2-4-9(7)8/h7H,1-6H2/t7-/m1/s1. The Bertz CT molecular complexity index is 167. The van der Waals surface area contributed by atoms with Crippen molar-refractivity contribution in [2.24, 2.45) is 0 Å². The molecule has 2 fully saturated rings. The lowest BCUT2D eigenvalue weighted by Gasteiger charge is -2.38. The van der Waals surface area contributed by atoms with E-state index < -0.39 is 0 Å². The zero-order valence-corrected chi connectivity index (χ0v) is 6.58. The molecule has 2 aliphatic rings. The second-order valence-corrected chi connectivity index (χ2v) is 3.25. The van der Waals surface area contributed by atoms with Crippen molar-refractivity contribution in [3.05, 3.63) is 0 Å². The van der Waals surface area contributed by atoms with Gasteiger partial charge in [-0.2, -0.15) is 0 Å².